The molecule has 0 unspecified atom stereocenters. The minimum Gasteiger partial charge on any atom is -0.337 e. The molecule has 21 heavy (non-hydrogen) atoms. The van der Waals surface area contributed by atoms with Gasteiger partial charge in [-0.15, -0.1) is 0 Å². The first-order valence-electron chi connectivity index (χ1n) is 7.21. The van der Waals surface area contributed by atoms with Gasteiger partial charge in [0.15, 0.2) is 0 Å². The normalized spacial score (nSPS) is 22.3. The third-order valence-corrected chi connectivity index (χ3v) is 4.24. The first-order valence-corrected chi connectivity index (χ1v) is 7.21. The fourth-order valence-electron chi connectivity index (χ4n) is 2.89. The highest BCUT2D eigenvalue weighted by Crippen LogP contribution is 2.22. The van der Waals surface area contributed by atoms with Crippen LogP contribution in [0.3, 0.4) is 0 Å². The molecule has 1 fully saturated rings. The summed E-state index contributed by atoms with van der Waals surface area (Å²) in [5, 5.41) is 0. The number of nitrogens with two attached hydrogens (primary N) is 1. The molecular weight excluding hydrogens is 272 g/mol. The van der Waals surface area contributed by atoms with Crippen LogP contribution in [-0.4, -0.2) is 39.1 Å². The molecule has 0 spiro atoms. The molecule has 1 aromatic heterocycles. The summed E-state index contributed by atoms with van der Waals surface area (Å²) in [5.74, 6) is 0.238. The maximum atomic E-state index is 12.5. The molecule has 1 aliphatic rings. The molecule has 2 N–H and O–H groups in total. The smallest absolute Gasteiger partial charge is 0.331 e. The molecule has 2 atom stereocenters. The van der Waals surface area contributed by atoms with Gasteiger partial charge >= 0.3 is 5.69 Å². The van der Waals surface area contributed by atoms with E-state index in [1.165, 1.54) is 23.9 Å². The quantitative estimate of drug-likeness (QED) is 0.785. The van der Waals surface area contributed by atoms with Crippen LogP contribution in [0.1, 0.15) is 19.8 Å². The van der Waals surface area contributed by atoms with Gasteiger partial charge in [-0.3, -0.25) is 18.7 Å². The largest absolute Gasteiger partial charge is 0.337 e. The summed E-state index contributed by atoms with van der Waals surface area (Å²) >= 11 is 0. The Morgan fingerprint density at radius 3 is 2.81 bits per heavy atom. The van der Waals surface area contributed by atoms with E-state index in [9.17, 15) is 14.4 Å². The molecule has 1 aromatic rings. The van der Waals surface area contributed by atoms with Crippen molar-refractivity contribution in [2.75, 3.05) is 13.1 Å². The first kappa shape index (κ1) is 15.5. The average molecular weight is 294 g/mol. The van der Waals surface area contributed by atoms with E-state index >= 15 is 0 Å². The number of hydrogen-bond donors (Lipinski definition) is 1. The van der Waals surface area contributed by atoms with Gasteiger partial charge in [-0.05, 0) is 18.8 Å². The Hall–Kier alpha value is -1.89. The molecule has 116 valence electrons. The lowest BCUT2D eigenvalue weighted by molar-refractivity contribution is -0.136. The van der Waals surface area contributed by atoms with Crippen molar-refractivity contribution >= 4 is 5.91 Å². The molecule has 0 saturated carbocycles. The Kier molecular flexibility index (Phi) is 4.62. The number of amides is 1. The third-order valence-electron chi connectivity index (χ3n) is 4.24. The van der Waals surface area contributed by atoms with Crippen LogP contribution in [0.5, 0.6) is 0 Å². The molecule has 0 aromatic carbocycles. The number of carbonyl (C=O) groups is 1. The van der Waals surface area contributed by atoms with Crippen molar-refractivity contribution in [3.63, 3.8) is 0 Å². The fourth-order valence-corrected chi connectivity index (χ4v) is 2.89. The average Bonchev–Trinajstić information content (AvgIpc) is 2.47. The summed E-state index contributed by atoms with van der Waals surface area (Å²) in [5.41, 5.74) is 4.92. The van der Waals surface area contributed by atoms with Crippen LogP contribution in [-0.2, 0) is 18.4 Å². The van der Waals surface area contributed by atoms with Crippen LogP contribution < -0.4 is 17.0 Å². The molecule has 0 bridgehead atoms. The number of hydrogen-bond acceptors (Lipinski definition) is 4. The molecule has 0 radical (unpaired) electrons. The third kappa shape index (κ3) is 3.07. The van der Waals surface area contributed by atoms with Gasteiger partial charge in [0.25, 0.3) is 5.56 Å². The van der Waals surface area contributed by atoms with Gasteiger partial charge in [0.05, 0.1) is 0 Å². The van der Waals surface area contributed by atoms with E-state index in [-0.39, 0.29) is 24.1 Å². The maximum absolute atomic E-state index is 12.5. The predicted octanol–water partition coefficient (Wildman–Crippen LogP) is -0.867. The molecule has 1 aliphatic heterocycles. The lowest BCUT2D eigenvalue weighted by Crippen LogP contribution is -2.53. The highest BCUT2D eigenvalue weighted by atomic mass is 16.2. The van der Waals surface area contributed by atoms with Crippen molar-refractivity contribution in [2.24, 2.45) is 18.7 Å². The summed E-state index contributed by atoms with van der Waals surface area (Å²) < 4.78 is 2.25. The van der Waals surface area contributed by atoms with Gasteiger partial charge in [0.2, 0.25) is 5.91 Å². The van der Waals surface area contributed by atoms with Crippen molar-refractivity contribution in [1.29, 1.82) is 0 Å². The molecule has 7 heteroatoms. The number of nitrogens with zero attached hydrogens (tertiary/aromatic N) is 3. The number of carbonyl (C=O) groups excluding carboxylic acids is 1. The molecular formula is C14H22N4O3. The van der Waals surface area contributed by atoms with Crippen molar-refractivity contribution in [3.05, 3.63) is 33.1 Å². The minimum atomic E-state index is -0.481. The molecule has 1 amide bonds. The Morgan fingerprint density at radius 2 is 2.14 bits per heavy atom. The van der Waals surface area contributed by atoms with E-state index < -0.39 is 5.69 Å². The van der Waals surface area contributed by atoms with Crippen molar-refractivity contribution in [3.8, 4) is 0 Å². The van der Waals surface area contributed by atoms with E-state index in [1.54, 1.807) is 4.90 Å². The maximum Gasteiger partial charge on any atom is 0.331 e. The Labute approximate surface area is 123 Å². The molecule has 0 aliphatic carbocycles. The van der Waals surface area contributed by atoms with Crippen molar-refractivity contribution < 1.29 is 4.79 Å². The second kappa shape index (κ2) is 6.26. The van der Waals surface area contributed by atoms with Gasteiger partial charge in [0.1, 0.15) is 6.54 Å². The zero-order chi connectivity index (χ0) is 15.6. The topological polar surface area (TPSA) is 90.3 Å². The van der Waals surface area contributed by atoms with Gasteiger partial charge in [-0.2, -0.15) is 0 Å². The van der Waals surface area contributed by atoms with E-state index in [2.05, 4.69) is 6.92 Å². The van der Waals surface area contributed by atoms with Crippen LogP contribution in [0, 0.1) is 5.92 Å². The molecule has 1 saturated heterocycles. The van der Waals surface area contributed by atoms with Gasteiger partial charge in [-0.25, -0.2) is 4.79 Å². The van der Waals surface area contributed by atoms with Gasteiger partial charge < -0.3 is 10.6 Å². The number of piperidine rings is 1. The molecule has 2 rings (SSSR count). The first-order chi connectivity index (χ1) is 9.95. The second-order valence-electron chi connectivity index (χ2n) is 5.63. The summed E-state index contributed by atoms with van der Waals surface area (Å²) in [6.45, 7) is 3.13. The van der Waals surface area contributed by atoms with E-state index in [0.717, 1.165) is 17.4 Å². The number of rotatable bonds is 3. The van der Waals surface area contributed by atoms with Crippen LogP contribution in [0.25, 0.3) is 0 Å². The minimum absolute atomic E-state index is 0.0227. The van der Waals surface area contributed by atoms with Crippen LogP contribution in [0.4, 0.5) is 0 Å². The van der Waals surface area contributed by atoms with E-state index in [1.807, 2.05) is 0 Å². The standard InChI is InChI=1S/C14H22N4O3/c1-10-4-3-6-18(11(10)8-15)13(20)9-17-7-5-12(19)16(2)14(17)21/h5,7,10-11H,3-4,6,8-9,15H2,1-2H3/t10-,11-/m0/s1. The zero-order valence-corrected chi connectivity index (χ0v) is 12.5. The van der Waals surface area contributed by atoms with Gasteiger partial charge in [-0.1, -0.05) is 6.92 Å². The summed E-state index contributed by atoms with van der Waals surface area (Å²) in [4.78, 5) is 37.5. The second-order valence-corrected chi connectivity index (χ2v) is 5.63. The predicted molar refractivity (Wildman–Crippen MR) is 78.9 cm³/mol. The monoisotopic (exact) mass is 294 g/mol. The van der Waals surface area contributed by atoms with E-state index in [4.69, 9.17) is 5.73 Å². The summed E-state index contributed by atoms with van der Waals surface area (Å²) in [7, 11) is 1.40. The van der Waals surface area contributed by atoms with Crippen molar-refractivity contribution in [2.45, 2.75) is 32.4 Å². The molecule has 7 nitrogen and oxygen atoms in total. The lowest BCUT2D eigenvalue weighted by atomic mass is 9.91. The number of aromatic nitrogens is 2. The lowest BCUT2D eigenvalue weighted by Gasteiger charge is -2.39. The zero-order valence-electron chi connectivity index (χ0n) is 12.5. The SMILES string of the molecule is C[C@H]1CCCN(C(=O)Cn2ccc(=O)n(C)c2=O)[C@H]1CN. The molecule has 2 heterocycles. The summed E-state index contributed by atoms with van der Waals surface area (Å²) in [6, 6.07) is 1.31. The van der Waals surface area contributed by atoms with Gasteiger partial charge in [0, 0.05) is 38.4 Å². The van der Waals surface area contributed by atoms with E-state index in [0.29, 0.717) is 19.0 Å². The van der Waals surface area contributed by atoms with Crippen LogP contribution in [0.2, 0.25) is 0 Å². The van der Waals surface area contributed by atoms with Crippen molar-refractivity contribution in [1.82, 2.24) is 14.0 Å². The van der Waals surface area contributed by atoms with Crippen LogP contribution in [0.15, 0.2) is 21.9 Å². The Balaban J connectivity index is 2.20. The Morgan fingerprint density at radius 1 is 1.43 bits per heavy atom. The highest BCUT2D eigenvalue weighted by Gasteiger charge is 2.30. The van der Waals surface area contributed by atoms with Crippen LogP contribution >= 0.6 is 0 Å². The Bertz CT molecular complexity index is 634. The fraction of sp³-hybridized carbons (Fsp3) is 0.643. The highest BCUT2D eigenvalue weighted by molar-refractivity contribution is 5.76. The number of likely N-dealkylation sites (tertiary alicyclic amines) is 1. The summed E-state index contributed by atoms with van der Waals surface area (Å²) in [6.07, 6.45) is 3.38.